The van der Waals surface area contributed by atoms with Gasteiger partial charge in [0.2, 0.25) is 0 Å². The van der Waals surface area contributed by atoms with Crippen molar-refractivity contribution in [3.63, 3.8) is 0 Å². The molecule has 0 spiro atoms. The largest absolute Gasteiger partial charge is 0.396 e. The van der Waals surface area contributed by atoms with Crippen LogP contribution in [-0.2, 0) is 0 Å². The Morgan fingerprint density at radius 2 is 1.71 bits per heavy atom. The van der Waals surface area contributed by atoms with Crippen molar-refractivity contribution in [3.8, 4) is 0 Å². The maximum atomic E-state index is 9.88. The smallest absolute Gasteiger partial charge is 0.0653 e. The van der Waals surface area contributed by atoms with Crippen LogP contribution in [0.15, 0.2) is 30.3 Å². The van der Waals surface area contributed by atoms with Gasteiger partial charge in [0.15, 0.2) is 0 Å². The van der Waals surface area contributed by atoms with E-state index >= 15 is 0 Å². The highest BCUT2D eigenvalue weighted by atomic mass is 16.3. The van der Waals surface area contributed by atoms with E-state index in [2.05, 4.69) is 0 Å². The highest BCUT2D eigenvalue weighted by Gasteiger charge is 2.21. The Kier molecular flexibility index (Phi) is 4.11. The minimum Gasteiger partial charge on any atom is -0.396 e. The molecule has 3 unspecified atom stereocenters. The average molecular weight is 194 g/mol. The monoisotopic (exact) mass is 194 g/mol. The van der Waals surface area contributed by atoms with Crippen LogP contribution in [0.25, 0.3) is 0 Å². The summed E-state index contributed by atoms with van der Waals surface area (Å²) >= 11 is 0. The van der Waals surface area contributed by atoms with Crippen LogP contribution in [-0.4, -0.2) is 22.9 Å². The number of benzene rings is 1. The van der Waals surface area contributed by atoms with Gasteiger partial charge in [0.1, 0.15) is 0 Å². The molecule has 0 aliphatic carbocycles. The molecular formula is C12H18O2. The van der Waals surface area contributed by atoms with Crippen molar-refractivity contribution in [2.24, 2.45) is 5.92 Å². The molecule has 0 aromatic heterocycles. The molecule has 1 aromatic carbocycles. The molecule has 0 radical (unpaired) electrons. The molecule has 14 heavy (non-hydrogen) atoms. The van der Waals surface area contributed by atoms with Crippen LogP contribution in [0.1, 0.15) is 25.3 Å². The molecule has 0 bridgehead atoms. The summed E-state index contributed by atoms with van der Waals surface area (Å²) in [5.74, 6) is -0.0106. The summed E-state index contributed by atoms with van der Waals surface area (Å²) in [6.07, 6.45) is -0.484. The Hall–Kier alpha value is -0.860. The second kappa shape index (κ2) is 5.13. The van der Waals surface area contributed by atoms with Crippen molar-refractivity contribution in [2.75, 3.05) is 6.61 Å². The van der Waals surface area contributed by atoms with Crippen LogP contribution in [0, 0.1) is 5.92 Å². The van der Waals surface area contributed by atoms with Crippen molar-refractivity contribution in [2.45, 2.75) is 25.9 Å². The molecule has 3 atom stereocenters. The first-order valence-corrected chi connectivity index (χ1v) is 5.00. The van der Waals surface area contributed by atoms with Crippen molar-refractivity contribution in [1.29, 1.82) is 0 Å². The van der Waals surface area contributed by atoms with Crippen molar-refractivity contribution >= 4 is 0 Å². The van der Waals surface area contributed by atoms with E-state index in [1.165, 1.54) is 0 Å². The second-order valence-electron chi connectivity index (χ2n) is 3.85. The van der Waals surface area contributed by atoms with E-state index in [4.69, 9.17) is 5.11 Å². The molecule has 0 saturated heterocycles. The standard InChI is InChI=1S/C12H18O2/c1-9(8-13)12(14)10(2)11-6-4-3-5-7-11/h3-7,9-10,12-14H,8H2,1-2H3. The summed E-state index contributed by atoms with van der Waals surface area (Å²) in [6.45, 7) is 3.86. The summed E-state index contributed by atoms with van der Waals surface area (Å²) in [5, 5.41) is 18.8. The first kappa shape index (κ1) is 11.2. The molecule has 1 rings (SSSR count). The zero-order chi connectivity index (χ0) is 10.6. The van der Waals surface area contributed by atoms with Crippen LogP contribution >= 0.6 is 0 Å². The Morgan fingerprint density at radius 3 is 2.21 bits per heavy atom. The van der Waals surface area contributed by atoms with Gasteiger partial charge in [-0.3, -0.25) is 0 Å². The quantitative estimate of drug-likeness (QED) is 0.767. The predicted octanol–water partition coefficient (Wildman–Crippen LogP) is 1.78. The van der Waals surface area contributed by atoms with E-state index in [9.17, 15) is 5.11 Å². The lowest BCUT2D eigenvalue weighted by molar-refractivity contribution is 0.0598. The third-order valence-corrected chi connectivity index (χ3v) is 2.71. The Labute approximate surface area is 85.2 Å². The van der Waals surface area contributed by atoms with Crippen LogP contribution < -0.4 is 0 Å². The summed E-state index contributed by atoms with van der Waals surface area (Å²) < 4.78 is 0. The topological polar surface area (TPSA) is 40.5 Å². The van der Waals surface area contributed by atoms with E-state index in [0.717, 1.165) is 5.56 Å². The zero-order valence-corrected chi connectivity index (χ0v) is 8.72. The Bertz CT molecular complexity index is 258. The Morgan fingerprint density at radius 1 is 1.14 bits per heavy atom. The molecule has 1 aromatic rings. The minimum absolute atomic E-state index is 0.0261. The first-order chi connectivity index (χ1) is 6.66. The van der Waals surface area contributed by atoms with Gasteiger partial charge in [0.05, 0.1) is 6.10 Å². The number of rotatable bonds is 4. The molecule has 78 valence electrons. The van der Waals surface area contributed by atoms with Gasteiger partial charge in [-0.05, 0) is 5.56 Å². The lowest BCUT2D eigenvalue weighted by Crippen LogP contribution is -2.26. The highest BCUT2D eigenvalue weighted by molar-refractivity contribution is 5.20. The van der Waals surface area contributed by atoms with Gasteiger partial charge in [0.25, 0.3) is 0 Å². The maximum absolute atomic E-state index is 9.88. The molecule has 2 N–H and O–H groups in total. The third-order valence-electron chi connectivity index (χ3n) is 2.71. The van der Waals surface area contributed by atoms with Crippen molar-refractivity contribution in [3.05, 3.63) is 35.9 Å². The Balaban J connectivity index is 2.70. The molecule has 0 amide bonds. The van der Waals surface area contributed by atoms with Crippen LogP contribution in [0.3, 0.4) is 0 Å². The van der Waals surface area contributed by atoms with Gasteiger partial charge >= 0.3 is 0 Å². The number of hydrogen-bond donors (Lipinski definition) is 2. The van der Waals surface area contributed by atoms with E-state index in [1.54, 1.807) is 0 Å². The van der Waals surface area contributed by atoms with Gasteiger partial charge in [0, 0.05) is 18.4 Å². The predicted molar refractivity (Wildman–Crippen MR) is 57.1 cm³/mol. The lowest BCUT2D eigenvalue weighted by atomic mass is 9.88. The summed E-state index contributed by atoms with van der Waals surface area (Å²) in [6, 6.07) is 9.87. The maximum Gasteiger partial charge on any atom is 0.0653 e. The number of hydrogen-bond acceptors (Lipinski definition) is 2. The second-order valence-corrected chi connectivity index (χ2v) is 3.85. The van der Waals surface area contributed by atoms with Crippen LogP contribution in [0.2, 0.25) is 0 Å². The summed E-state index contributed by atoms with van der Waals surface area (Å²) in [4.78, 5) is 0. The lowest BCUT2D eigenvalue weighted by Gasteiger charge is -2.23. The third kappa shape index (κ3) is 2.56. The van der Waals surface area contributed by atoms with Crippen molar-refractivity contribution in [1.82, 2.24) is 0 Å². The molecule has 2 nitrogen and oxygen atoms in total. The van der Waals surface area contributed by atoms with Gasteiger partial charge in [-0.2, -0.15) is 0 Å². The normalized spacial score (nSPS) is 17.4. The van der Waals surface area contributed by atoms with Gasteiger partial charge < -0.3 is 10.2 Å². The van der Waals surface area contributed by atoms with Gasteiger partial charge in [-0.25, -0.2) is 0 Å². The molecule has 0 fully saturated rings. The van der Waals surface area contributed by atoms with Gasteiger partial charge in [-0.1, -0.05) is 44.2 Å². The molecule has 0 heterocycles. The van der Waals surface area contributed by atoms with E-state index in [-0.39, 0.29) is 18.4 Å². The number of aliphatic hydroxyl groups is 2. The zero-order valence-electron chi connectivity index (χ0n) is 8.72. The SMILES string of the molecule is CC(CO)C(O)C(C)c1ccccc1. The number of aliphatic hydroxyl groups excluding tert-OH is 2. The molecular weight excluding hydrogens is 176 g/mol. The fraction of sp³-hybridized carbons (Fsp3) is 0.500. The van der Waals surface area contributed by atoms with E-state index in [1.807, 2.05) is 44.2 Å². The average Bonchev–Trinajstić information content (AvgIpc) is 2.27. The summed E-state index contributed by atoms with van der Waals surface area (Å²) in [7, 11) is 0. The fourth-order valence-electron chi connectivity index (χ4n) is 1.55. The molecule has 0 aliphatic rings. The van der Waals surface area contributed by atoms with Crippen LogP contribution in [0.5, 0.6) is 0 Å². The minimum atomic E-state index is -0.484. The van der Waals surface area contributed by atoms with E-state index < -0.39 is 6.10 Å². The molecule has 0 aliphatic heterocycles. The highest BCUT2D eigenvalue weighted by Crippen LogP contribution is 2.23. The van der Waals surface area contributed by atoms with E-state index in [0.29, 0.717) is 0 Å². The molecule has 0 saturated carbocycles. The fourth-order valence-corrected chi connectivity index (χ4v) is 1.55. The first-order valence-electron chi connectivity index (χ1n) is 5.00. The van der Waals surface area contributed by atoms with Crippen LogP contribution in [0.4, 0.5) is 0 Å². The summed E-state index contributed by atoms with van der Waals surface area (Å²) in [5.41, 5.74) is 1.11. The van der Waals surface area contributed by atoms with Gasteiger partial charge in [-0.15, -0.1) is 0 Å². The van der Waals surface area contributed by atoms with Crippen molar-refractivity contribution < 1.29 is 10.2 Å². The molecule has 2 heteroatoms.